The van der Waals surface area contributed by atoms with Crippen LogP contribution in [0.25, 0.3) is 0 Å². The number of ether oxygens (including phenoxy) is 1. The molecule has 3 N–H and O–H groups in total. The Labute approximate surface area is 198 Å². The highest BCUT2D eigenvalue weighted by Gasteiger charge is 2.45. The normalized spacial score (nSPS) is 19.1. The van der Waals surface area contributed by atoms with E-state index in [-0.39, 0.29) is 18.6 Å². The fourth-order valence-corrected chi connectivity index (χ4v) is 4.13. The highest BCUT2D eigenvalue weighted by molar-refractivity contribution is 6.00. The number of hydrogen-bond acceptors (Lipinski definition) is 5. The average Bonchev–Trinajstić information content (AvgIpc) is 3.14. The molecule has 3 rings (SSSR count). The van der Waals surface area contributed by atoms with Crippen LogP contribution in [0.5, 0.6) is 0 Å². The molecule has 3 atom stereocenters. The second-order valence-corrected chi connectivity index (χ2v) is 8.36. The van der Waals surface area contributed by atoms with E-state index in [0.717, 1.165) is 12.8 Å². The van der Waals surface area contributed by atoms with E-state index in [1.54, 1.807) is 49.6 Å². The van der Waals surface area contributed by atoms with Crippen molar-refractivity contribution >= 4 is 29.4 Å². The summed E-state index contributed by atoms with van der Waals surface area (Å²) in [6.07, 6.45) is 2.52. The summed E-state index contributed by atoms with van der Waals surface area (Å²) in [5.74, 6) is -5.29. The van der Waals surface area contributed by atoms with Gasteiger partial charge in [0, 0.05) is 43.6 Å². The molecular formula is C25H30F2N4O3. The van der Waals surface area contributed by atoms with Crippen molar-refractivity contribution in [3.63, 3.8) is 0 Å². The van der Waals surface area contributed by atoms with Gasteiger partial charge in [-0.3, -0.25) is 9.59 Å². The van der Waals surface area contributed by atoms with Gasteiger partial charge in [0.1, 0.15) is 6.23 Å². The number of nitrogens with zero attached hydrogens (tertiary/aromatic N) is 1. The number of hydrogen-bond donors (Lipinski definition) is 3. The zero-order chi connectivity index (χ0) is 24.9. The van der Waals surface area contributed by atoms with Crippen molar-refractivity contribution in [2.75, 3.05) is 17.3 Å². The molecule has 2 aromatic rings. The van der Waals surface area contributed by atoms with Gasteiger partial charge in [-0.25, -0.2) is 0 Å². The Morgan fingerprint density at radius 3 is 2.59 bits per heavy atom. The molecule has 1 heterocycles. The summed E-state index contributed by atoms with van der Waals surface area (Å²) in [5.41, 5.74) is 2.44. The SMILES string of the molecule is CCCC(Nc1ccc(N2C(=O)CC(NC(=O)C(C)(F)F)[C@H]2c2ccccc2)cc1C=N)OC. The molecule has 1 aliphatic rings. The van der Waals surface area contributed by atoms with Crippen LogP contribution in [0.15, 0.2) is 48.5 Å². The lowest BCUT2D eigenvalue weighted by Crippen LogP contribution is -2.46. The Bertz CT molecular complexity index is 1030. The maximum Gasteiger partial charge on any atom is 0.321 e. The molecule has 1 aliphatic heterocycles. The predicted molar refractivity (Wildman–Crippen MR) is 127 cm³/mol. The Hall–Kier alpha value is -3.33. The Kier molecular flexibility index (Phi) is 7.98. The maximum absolute atomic E-state index is 13.6. The fourth-order valence-electron chi connectivity index (χ4n) is 4.13. The van der Waals surface area contributed by atoms with Crippen molar-refractivity contribution < 1.29 is 23.1 Å². The molecule has 0 radical (unpaired) electrons. The summed E-state index contributed by atoms with van der Waals surface area (Å²) in [6.45, 7) is 2.57. The zero-order valence-electron chi connectivity index (χ0n) is 19.5. The first kappa shape index (κ1) is 25.3. The minimum Gasteiger partial charge on any atom is -0.362 e. The highest BCUT2D eigenvalue weighted by atomic mass is 19.3. The van der Waals surface area contributed by atoms with Crippen molar-refractivity contribution in [2.45, 2.75) is 57.3 Å². The molecule has 0 saturated carbocycles. The summed E-state index contributed by atoms with van der Waals surface area (Å²) in [7, 11) is 1.60. The Morgan fingerprint density at radius 1 is 1.29 bits per heavy atom. The molecule has 1 fully saturated rings. The second-order valence-electron chi connectivity index (χ2n) is 8.36. The van der Waals surface area contributed by atoms with Gasteiger partial charge in [0.05, 0.1) is 12.1 Å². The molecule has 182 valence electrons. The maximum atomic E-state index is 13.6. The van der Waals surface area contributed by atoms with Crippen LogP contribution < -0.4 is 15.5 Å². The van der Waals surface area contributed by atoms with Crippen LogP contribution in [-0.4, -0.2) is 43.3 Å². The summed E-state index contributed by atoms with van der Waals surface area (Å²) in [6, 6.07) is 12.7. The minimum atomic E-state index is -3.56. The summed E-state index contributed by atoms with van der Waals surface area (Å²) in [5, 5.41) is 13.5. The Morgan fingerprint density at radius 2 is 2.00 bits per heavy atom. The average molecular weight is 473 g/mol. The van der Waals surface area contributed by atoms with Gasteiger partial charge in [-0.15, -0.1) is 0 Å². The number of nitrogens with one attached hydrogen (secondary N) is 3. The molecule has 7 nitrogen and oxygen atoms in total. The number of rotatable bonds is 10. The van der Waals surface area contributed by atoms with Gasteiger partial charge >= 0.3 is 5.92 Å². The summed E-state index contributed by atoms with van der Waals surface area (Å²) >= 11 is 0. The van der Waals surface area contributed by atoms with Crippen LogP contribution in [0.2, 0.25) is 0 Å². The first-order chi connectivity index (χ1) is 16.2. The number of benzene rings is 2. The van der Waals surface area contributed by atoms with E-state index in [2.05, 4.69) is 10.6 Å². The van der Waals surface area contributed by atoms with Crippen LogP contribution >= 0.6 is 0 Å². The molecule has 2 aromatic carbocycles. The lowest BCUT2D eigenvalue weighted by atomic mass is 9.99. The molecule has 0 bridgehead atoms. The fraction of sp³-hybridized carbons (Fsp3) is 0.400. The minimum absolute atomic E-state index is 0.121. The van der Waals surface area contributed by atoms with Crippen LogP contribution in [0.1, 0.15) is 50.3 Å². The van der Waals surface area contributed by atoms with Crippen molar-refractivity contribution in [1.29, 1.82) is 5.41 Å². The number of halogens is 2. The monoisotopic (exact) mass is 472 g/mol. The molecule has 9 heteroatoms. The van der Waals surface area contributed by atoms with Gasteiger partial charge in [0.25, 0.3) is 5.91 Å². The van der Waals surface area contributed by atoms with E-state index in [0.29, 0.717) is 29.4 Å². The molecular weight excluding hydrogens is 442 g/mol. The quantitative estimate of drug-likeness (QED) is 0.351. The van der Waals surface area contributed by atoms with E-state index in [9.17, 15) is 18.4 Å². The zero-order valence-corrected chi connectivity index (χ0v) is 19.5. The lowest BCUT2D eigenvalue weighted by molar-refractivity contribution is -0.143. The standard InChI is InChI=1S/C25H30F2N4O3/c1-4-8-21(34-3)29-19-12-11-18(13-17(19)15-28)31-22(32)14-20(30-24(33)25(2,26)27)23(31)16-9-6-5-7-10-16/h5-7,9-13,15,20-21,23,28-29H,4,8,14H2,1-3H3,(H,30,33)/t20?,21?,23-/m1/s1. The number of alkyl halides is 2. The molecule has 0 aliphatic carbocycles. The van der Waals surface area contributed by atoms with Gasteiger partial charge in [-0.1, -0.05) is 43.7 Å². The third kappa shape index (κ3) is 5.59. The third-order valence-corrected chi connectivity index (χ3v) is 5.80. The van der Waals surface area contributed by atoms with E-state index in [1.165, 1.54) is 11.1 Å². The Balaban J connectivity index is 1.98. The van der Waals surface area contributed by atoms with E-state index >= 15 is 0 Å². The molecule has 2 amide bonds. The highest BCUT2D eigenvalue weighted by Crippen LogP contribution is 2.39. The van der Waals surface area contributed by atoms with E-state index in [4.69, 9.17) is 10.1 Å². The molecule has 2 unspecified atom stereocenters. The van der Waals surface area contributed by atoms with Crippen molar-refractivity contribution in [2.24, 2.45) is 0 Å². The number of amides is 2. The van der Waals surface area contributed by atoms with Crippen LogP contribution in [0, 0.1) is 5.41 Å². The molecule has 0 aromatic heterocycles. The number of anilines is 2. The van der Waals surface area contributed by atoms with Gasteiger partial charge in [-0.05, 0) is 30.2 Å². The predicted octanol–water partition coefficient (Wildman–Crippen LogP) is 4.49. The van der Waals surface area contributed by atoms with Crippen molar-refractivity contribution in [3.05, 3.63) is 59.7 Å². The van der Waals surface area contributed by atoms with Crippen LogP contribution in [0.3, 0.4) is 0 Å². The number of methoxy groups -OCH3 is 1. The topological polar surface area (TPSA) is 94.5 Å². The first-order valence-electron chi connectivity index (χ1n) is 11.2. The molecule has 1 saturated heterocycles. The largest absolute Gasteiger partial charge is 0.362 e. The number of carbonyl (C=O) groups excluding carboxylic acids is 2. The van der Waals surface area contributed by atoms with Gasteiger partial charge in [0.15, 0.2) is 0 Å². The van der Waals surface area contributed by atoms with Gasteiger partial charge in [-0.2, -0.15) is 8.78 Å². The molecule has 34 heavy (non-hydrogen) atoms. The molecule has 0 spiro atoms. The van der Waals surface area contributed by atoms with E-state index < -0.39 is 23.9 Å². The van der Waals surface area contributed by atoms with Crippen LogP contribution in [-0.2, 0) is 14.3 Å². The lowest BCUT2D eigenvalue weighted by Gasteiger charge is -2.30. The van der Waals surface area contributed by atoms with E-state index in [1.807, 2.05) is 13.0 Å². The summed E-state index contributed by atoms with van der Waals surface area (Å²) in [4.78, 5) is 26.6. The third-order valence-electron chi connectivity index (χ3n) is 5.80. The van der Waals surface area contributed by atoms with Crippen LogP contribution in [0.4, 0.5) is 20.2 Å². The van der Waals surface area contributed by atoms with Crippen molar-refractivity contribution in [1.82, 2.24) is 5.32 Å². The smallest absolute Gasteiger partial charge is 0.321 e. The van der Waals surface area contributed by atoms with Crippen molar-refractivity contribution in [3.8, 4) is 0 Å². The second kappa shape index (κ2) is 10.7. The number of carbonyl (C=O) groups is 2. The van der Waals surface area contributed by atoms with Gasteiger partial charge in [0.2, 0.25) is 5.91 Å². The summed E-state index contributed by atoms with van der Waals surface area (Å²) < 4.78 is 32.6. The van der Waals surface area contributed by atoms with Gasteiger partial charge < -0.3 is 25.7 Å². The first-order valence-corrected chi connectivity index (χ1v) is 11.2.